The molecule has 2 amide bonds. The standard InChI is InChI=1S/C18H21N3O2/c1-13(20-16-10-6-9-15(11-16)17(19)22)18(23)21(2)12-14-7-4-3-5-8-14/h3-11,13,20H,12H2,1-2H3,(H2,19,22)/t13-/m0/s1. The van der Waals surface area contributed by atoms with E-state index in [1.807, 2.05) is 30.3 Å². The molecule has 23 heavy (non-hydrogen) atoms. The SMILES string of the molecule is C[C@H](Nc1cccc(C(N)=O)c1)C(=O)N(C)Cc1ccccc1. The van der Waals surface area contributed by atoms with Crippen molar-refractivity contribution in [1.29, 1.82) is 0 Å². The van der Waals surface area contributed by atoms with Crippen LogP contribution in [0.4, 0.5) is 5.69 Å². The summed E-state index contributed by atoms with van der Waals surface area (Å²) in [6, 6.07) is 16.2. The minimum absolute atomic E-state index is 0.0293. The second-order valence-electron chi connectivity index (χ2n) is 5.49. The fourth-order valence-corrected chi connectivity index (χ4v) is 2.34. The molecule has 0 aromatic heterocycles. The van der Waals surface area contributed by atoms with Gasteiger partial charge in [0.1, 0.15) is 6.04 Å². The topological polar surface area (TPSA) is 75.4 Å². The zero-order valence-corrected chi connectivity index (χ0v) is 13.3. The second kappa shape index (κ2) is 7.45. The van der Waals surface area contributed by atoms with Crippen molar-refractivity contribution in [3.63, 3.8) is 0 Å². The van der Waals surface area contributed by atoms with Crippen LogP contribution in [0.15, 0.2) is 54.6 Å². The number of likely N-dealkylation sites (N-methyl/N-ethyl adjacent to an activating group) is 1. The molecule has 0 saturated heterocycles. The molecule has 0 heterocycles. The molecule has 0 saturated carbocycles. The number of nitrogens with two attached hydrogens (primary N) is 1. The molecule has 0 aliphatic carbocycles. The average Bonchev–Trinajstić information content (AvgIpc) is 2.55. The molecule has 0 bridgehead atoms. The van der Waals surface area contributed by atoms with Gasteiger partial charge in [0.05, 0.1) is 0 Å². The minimum atomic E-state index is -0.492. The first-order valence-corrected chi connectivity index (χ1v) is 7.42. The van der Waals surface area contributed by atoms with Crippen LogP contribution in [-0.4, -0.2) is 29.8 Å². The molecule has 2 aromatic carbocycles. The number of anilines is 1. The Labute approximate surface area is 136 Å². The summed E-state index contributed by atoms with van der Waals surface area (Å²) >= 11 is 0. The summed E-state index contributed by atoms with van der Waals surface area (Å²) < 4.78 is 0. The molecule has 3 N–H and O–H groups in total. The fourth-order valence-electron chi connectivity index (χ4n) is 2.34. The van der Waals surface area contributed by atoms with Crippen molar-refractivity contribution < 1.29 is 9.59 Å². The van der Waals surface area contributed by atoms with Gasteiger partial charge < -0.3 is 16.0 Å². The Morgan fingerprint density at radius 2 is 1.83 bits per heavy atom. The van der Waals surface area contributed by atoms with E-state index in [-0.39, 0.29) is 5.91 Å². The van der Waals surface area contributed by atoms with E-state index >= 15 is 0 Å². The van der Waals surface area contributed by atoms with Crippen molar-refractivity contribution in [2.45, 2.75) is 19.5 Å². The van der Waals surface area contributed by atoms with Crippen LogP contribution < -0.4 is 11.1 Å². The maximum Gasteiger partial charge on any atom is 0.248 e. The average molecular weight is 311 g/mol. The lowest BCUT2D eigenvalue weighted by Crippen LogP contribution is -2.38. The van der Waals surface area contributed by atoms with Crippen LogP contribution >= 0.6 is 0 Å². The molecule has 5 nitrogen and oxygen atoms in total. The largest absolute Gasteiger partial charge is 0.374 e. The summed E-state index contributed by atoms with van der Waals surface area (Å²) in [5.74, 6) is -0.521. The molecule has 2 rings (SSSR count). The maximum absolute atomic E-state index is 12.4. The van der Waals surface area contributed by atoms with Gasteiger partial charge in [-0.1, -0.05) is 36.4 Å². The monoisotopic (exact) mass is 311 g/mol. The molecule has 0 radical (unpaired) electrons. The van der Waals surface area contributed by atoms with E-state index in [0.717, 1.165) is 5.56 Å². The van der Waals surface area contributed by atoms with Crippen molar-refractivity contribution in [2.24, 2.45) is 5.73 Å². The Kier molecular flexibility index (Phi) is 5.36. The lowest BCUT2D eigenvalue weighted by Gasteiger charge is -2.23. The lowest BCUT2D eigenvalue weighted by atomic mass is 10.1. The lowest BCUT2D eigenvalue weighted by molar-refractivity contribution is -0.130. The number of nitrogens with zero attached hydrogens (tertiary/aromatic N) is 1. The molecular weight excluding hydrogens is 290 g/mol. The van der Waals surface area contributed by atoms with Crippen LogP contribution in [-0.2, 0) is 11.3 Å². The third-order valence-electron chi connectivity index (χ3n) is 3.54. The van der Waals surface area contributed by atoms with E-state index < -0.39 is 11.9 Å². The van der Waals surface area contributed by atoms with Crippen molar-refractivity contribution >= 4 is 17.5 Å². The first-order chi connectivity index (χ1) is 11.0. The zero-order chi connectivity index (χ0) is 16.8. The Hall–Kier alpha value is -2.82. The molecule has 2 aromatic rings. The molecule has 120 valence electrons. The molecule has 5 heteroatoms. The van der Waals surface area contributed by atoms with Crippen molar-refractivity contribution in [1.82, 2.24) is 4.90 Å². The van der Waals surface area contributed by atoms with E-state index in [1.165, 1.54) is 0 Å². The van der Waals surface area contributed by atoms with Gasteiger partial charge in [-0.05, 0) is 30.7 Å². The number of benzene rings is 2. The smallest absolute Gasteiger partial charge is 0.248 e. The van der Waals surface area contributed by atoms with Gasteiger partial charge in [0, 0.05) is 24.8 Å². The van der Waals surface area contributed by atoms with Gasteiger partial charge in [-0.2, -0.15) is 0 Å². The van der Waals surface area contributed by atoms with E-state index in [4.69, 9.17) is 5.73 Å². The van der Waals surface area contributed by atoms with Crippen LogP contribution in [0.1, 0.15) is 22.8 Å². The Bertz CT molecular complexity index is 686. The van der Waals surface area contributed by atoms with E-state index in [2.05, 4.69) is 5.32 Å². The van der Waals surface area contributed by atoms with Gasteiger partial charge in [0.15, 0.2) is 0 Å². The second-order valence-corrected chi connectivity index (χ2v) is 5.49. The summed E-state index contributed by atoms with van der Waals surface area (Å²) in [5.41, 5.74) is 7.44. The van der Waals surface area contributed by atoms with Gasteiger partial charge in [-0.15, -0.1) is 0 Å². The molecule has 1 atom stereocenters. The van der Waals surface area contributed by atoms with Crippen LogP contribution in [0.5, 0.6) is 0 Å². The minimum Gasteiger partial charge on any atom is -0.374 e. The van der Waals surface area contributed by atoms with Gasteiger partial charge in [-0.3, -0.25) is 9.59 Å². The first-order valence-electron chi connectivity index (χ1n) is 7.42. The van der Waals surface area contributed by atoms with E-state index in [9.17, 15) is 9.59 Å². The number of primary amides is 1. The highest BCUT2D eigenvalue weighted by atomic mass is 16.2. The highest BCUT2D eigenvalue weighted by Gasteiger charge is 2.17. The van der Waals surface area contributed by atoms with Crippen LogP contribution in [0.3, 0.4) is 0 Å². The fraction of sp³-hybridized carbons (Fsp3) is 0.222. The molecule has 0 spiro atoms. The highest BCUT2D eigenvalue weighted by Crippen LogP contribution is 2.13. The molecule has 0 unspecified atom stereocenters. The quantitative estimate of drug-likeness (QED) is 0.859. The number of amides is 2. The summed E-state index contributed by atoms with van der Waals surface area (Å²) in [6.07, 6.45) is 0. The van der Waals surface area contributed by atoms with Gasteiger partial charge in [0.2, 0.25) is 11.8 Å². The predicted molar refractivity (Wildman–Crippen MR) is 91.0 cm³/mol. The van der Waals surface area contributed by atoms with Crippen LogP contribution in [0.25, 0.3) is 0 Å². The number of hydrogen-bond acceptors (Lipinski definition) is 3. The zero-order valence-electron chi connectivity index (χ0n) is 13.3. The van der Waals surface area contributed by atoms with E-state index in [1.54, 1.807) is 43.1 Å². The first kappa shape index (κ1) is 16.5. The third kappa shape index (κ3) is 4.57. The van der Waals surface area contributed by atoms with Gasteiger partial charge in [0.25, 0.3) is 0 Å². The molecule has 0 fully saturated rings. The third-order valence-corrected chi connectivity index (χ3v) is 3.54. The number of hydrogen-bond donors (Lipinski definition) is 2. The van der Waals surface area contributed by atoms with Gasteiger partial charge in [-0.25, -0.2) is 0 Å². The van der Waals surface area contributed by atoms with Crippen LogP contribution in [0, 0.1) is 0 Å². The summed E-state index contributed by atoms with van der Waals surface area (Å²) in [5, 5.41) is 3.10. The van der Waals surface area contributed by atoms with E-state index in [0.29, 0.717) is 17.8 Å². The predicted octanol–water partition coefficient (Wildman–Crippen LogP) is 2.24. The molecule has 0 aliphatic heterocycles. The number of rotatable bonds is 6. The van der Waals surface area contributed by atoms with Crippen molar-refractivity contribution in [3.8, 4) is 0 Å². The maximum atomic E-state index is 12.4. The van der Waals surface area contributed by atoms with Gasteiger partial charge >= 0.3 is 0 Å². The Balaban J connectivity index is 1.99. The van der Waals surface area contributed by atoms with Crippen molar-refractivity contribution in [2.75, 3.05) is 12.4 Å². The summed E-state index contributed by atoms with van der Waals surface area (Å²) in [4.78, 5) is 25.3. The van der Waals surface area contributed by atoms with Crippen molar-refractivity contribution in [3.05, 3.63) is 65.7 Å². The Morgan fingerprint density at radius 3 is 2.48 bits per heavy atom. The number of carbonyl (C=O) groups excluding carboxylic acids is 2. The number of carbonyl (C=O) groups is 2. The van der Waals surface area contributed by atoms with Crippen LogP contribution in [0.2, 0.25) is 0 Å². The molecule has 0 aliphatic rings. The normalized spacial score (nSPS) is 11.6. The Morgan fingerprint density at radius 1 is 1.13 bits per heavy atom. The summed E-state index contributed by atoms with van der Waals surface area (Å²) in [7, 11) is 1.77. The highest BCUT2D eigenvalue weighted by molar-refractivity contribution is 5.94. The molecular formula is C18H21N3O2. The summed E-state index contributed by atoms with van der Waals surface area (Å²) in [6.45, 7) is 2.34. The number of nitrogens with one attached hydrogen (secondary N) is 1.